The highest BCUT2D eigenvalue weighted by Crippen LogP contribution is 2.42. The maximum absolute atomic E-state index is 12.7. The van der Waals surface area contributed by atoms with Crippen molar-refractivity contribution in [1.82, 2.24) is 9.55 Å². The second-order valence-corrected chi connectivity index (χ2v) is 7.29. The minimum atomic E-state index is -0.347. The van der Waals surface area contributed by atoms with Crippen LogP contribution in [-0.2, 0) is 16.1 Å². The summed E-state index contributed by atoms with van der Waals surface area (Å²) in [4.78, 5) is 17.1. The summed E-state index contributed by atoms with van der Waals surface area (Å²) in [5, 5.41) is 3.08. The molecule has 1 fully saturated rings. The van der Waals surface area contributed by atoms with E-state index in [2.05, 4.69) is 34.8 Å². The van der Waals surface area contributed by atoms with Crippen molar-refractivity contribution in [3.05, 3.63) is 48.0 Å². The summed E-state index contributed by atoms with van der Waals surface area (Å²) < 4.78 is 7.42. The first kappa shape index (κ1) is 17.7. The van der Waals surface area contributed by atoms with E-state index in [0.29, 0.717) is 12.5 Å². The fraction of sp³-hybridized carbons (Fsp3) is 0.500. The summed E-state index contributed by atoms with van der Waals surface area (Å²) in [5.74, 6) is 1.52. The molecule has 134 valence electrons. The number of carbonyl (C=O) groups excluding carboxylic acids is 1. The predicted octanol–water partition coefficient (Wildman–Crippen LogP) is 3.81. The van der Waals surface area contributed by atoms with Crippen LogP contribution < -0.4 is 5.32 Å². The Morgan fingerprint density at radius 3 is 2.84 bits per heavy atom. The smallest absolute Gasteiger partial charge is 0.232 e. The Bertz CT molecular complexity index is 732. The summed E-state index contributed by atoms with van der Waals surface area (Å²) in [5.41, 5.74) is 1.64. The van der Waals surface area contributed by atoms with E-state index in [9.17, 15) is 4.79 Å². The highest BCUT2D eigenvalue weighted by atomic mass is 16.5. The van der Waals surface area contributed by atoms with Crippen LogP contribution in [0.4, 0.5) is 5.69 Å². The molecule has 0 unspecified atom stereocenters. The van der Waals surface area contributed by atoms with Gasteiger partial charge < -0.3 is 14.6 Å². The van der Waals surface area contributed by atoms with Gasteiger partial charge in [0.25, 0.3) is 0 Å². The zero-order valence-corrected chi connectivity index (χ0v) is 15.3. The van der Waals surface area contributed by atoms with E-state index < -0.39 is 0 Å². The quantitative estimate of drug-likeness (QED) is 0.833. The molecule has 1 aromatic carbocycles. The van der Waals surface area contributed by atoms with Crippen molar-refractivity contribution in [2.24, 2.45) is 5.41 Å². The van der Waals surface area contributed by atoms with Crippen LogP contribution >= 0.6 is 0 Å². The van der Waals surface area contributed by atoms with E-state index in [-0.39, 0.29) is 11.3 Å². The summed E-state index contributed by atoms with van der Waals surface area (Å²) in [7, 11) is 1.66. The van der Waals surface area contributed by atoms with Crippen molar-refractivity contribution >= 4 is 11.6 Å². The highest BCUT2D eigenvalue weighted by molar-refractivity contribution is 5.96. The minimum Gasteiger partial charge on any atom is -0.384 e. The summed E-state index contributed by atoms with van der Waals surface area (Å²) in [6, 6.07) is 8.05. The fourth-order valence-electron chi connectivity index (χ4n) is 3.48. The molecule has 25 heavy (non-hydrogen) atoms. The zero-order chi connectivity index (χ0) is 17.9. The average Bonchev–Trinajstić information content (AvgIpc) is 2.99. The molecule has 0 aliphatic heterocycles. The van der Waals surface area contributed by atoms with E-state index in [1.807, 2.05) is 30.6 Å². The van der Waals surface area contributed by atoms with Gasteiger partial charge in [0.15, 0.2) is 0 Å². The molecular weight excluding hydrogens is 314 g/mol. The van der Waals surface area contributed by atoms with Gasteiger partial charge in [-0.2, -0.15) is 0 Å². The molecule has 0 radical (unpaired) electrons. The molecule has 0 saturated heterocycles. The van der Waals surface area contributed by atoms with Crippen LogP contribution in [0.3, 0.4) is 0 Å². The molecule has 3 rings (SSSR count). The van der Waals surface area contributed by atoms with Crippen molar-refractivity contribution < 1.29 is 9.53 Å². The second-order valence-electron chi connectivity index (χ2n) is 7.29. The van der Waals surface area contributed by atoms with Crippen molar-refractivity contribution in [1.29, 1.82) is 0 Å². The third-order valence-corrected chi connectivity index (χ3v) is 5.01. The Morgan fingerprint density at radius 2 is 2.20 bits per heavy atom. The number of imidazole rings is 1. The van der Waals surface area contributed by atoms with Crippen LogP contribution in [0.15, 0.2) is 36.7 Å². The van der Waals surface area contributed by atoms with Gasteiger partial charge in [0.05, 0.1) is 12.0 Å². The Balaban J connectivity index is 1.71. The molecule has 1 heterocycles. The third kappa shape index (κ3) is 3.76. The Morgan fingerprint density at radius 1 is 1.40 bits per heavy atom. The first-order chi connectivity index (χ1) is 12.0. The van der Waals surface area contributed by atoms with Crippen molar-refractivity contribution in [3.63, 3.8) is 0 Å². The van der Waals surface area contributed by atoms with E-state index in [1.54, 1.807) is 7.11 Å². The largest absolute Gasteiger partial charge is 0.384 e. The van der Waals surface area contributed by atoms with Gasteiger partial charge in [-0.05, 0) is 30.5 Å². The second kappa shape index (κ2) is 7.40. The van der Waals surface area contributed by atoms with Gasteiger partial charge in [0.2, 0.25) is 5.91 Å². The number of hydrogen-bond acceptors (Lipinski definition) is 3. The Hall–Kier alpha value is -2.14. The normalized spacial score (nSPS) is 15.8. The van der Waals surface area contributed by atoms with E-state index in [0.717, 1.165) is 42.9 Å². The number of methoxy groups -OCH3 is 1. The molecule has 1 amide bonds. The Labute approximate surface area is 149 Å². The Kier molecular flexibility index (Phi) is 5.23. The minimum absolute atomic E-state index is 0.0725. The number of carbonyl (C=O) groups is 1. The van der Waals surface area contributed by atoms with Gasteiger partial charge in [-0.25, -0.2) is 4.98 Å². The number of aromatic nitrogens is 2. The van der Waals surface area contributed by atoms with Crippen molar-refractivity contribution in [3.8, 4) is 0 Å². The summed E-state index contributed by atoms with van der Waals surface area (Å²) >= 11 is 0. The lowest BCUT2D eigenvalue weighted by Gasteiger charge is -2.39. The molecule has 1 saturated carbocycles. The average molecular weight is 341 g/mol. The monoisotopic (exact) mass is 341 g/mol. The molecule has 0 spiro atoms. The molecule has 1 aliphatic rings. The number of ether oxygens (including phenoxy) is 1. The van der Waals surface area contributed by atoms with Crippen LogP contribution in [0.2, 0.25) is 0 Å². The number of rotatable bonds is 7. The van der Waals surface area contributed by atoms with Crippen molar-refractivity contribution in [2.45, 2.75) is 45.6 Å². The predicted molar refractivity (Wildman–Crippen MR) is 98.6 cm³/mol. The van der Waals surface area contributed by atoms with Crippen LogP contribution in [0, 0.1) is 5.41 Å². The lowest BCUT2D eigenvalue weighted by Crippen LogP contribution is -2.45. The van der Waals surface area contributed by atoms with Gasteiger partial charge in [-0.15, -0.1) is 0 Å². The molecule has 2 aromatic rings. The van der Waals surface area contributed by atoms with Crippen LogP contribution in [0.25, 0.3) is 0 Å². The lowest BCUT2D eigenvalue weighted by molar-refractivity contribution is -0.134. The maximum atomic E-state index is 12.7. The van der Waals surface area contributed by atoms with E-state index in [4.69, 9.17) is 4.74 Å². The first-order valence-corrected chi connectivity index (χ1v) is 8.94. The van der Waals surface area contributed by atoms with Crippen LogP contribution in [0.5, 0.6) is 0 Å². The standard InChI is InChI=1S/C20H27N3O2/c1-15(2)18-21-10-11-23(18)13-16-6-4-7-17(12-16)22-19(24)20(14-25-3)8-5-9-20/h4,6-7,10-12,15H,5,8-9,13-14H2,1-3H3,(H,22,24). The SMILES string of the molecule is COCC1(C(=O)Nc2cccc(Cn3ccnc3C(C)C)c2)CCC1. The molecular formula is C20H27N3O2. The third-order valence-electron chi connectivity index (χ3n) is 5.01. The van der Waals surface area contributed by atoms with E-state index >= 15 is 0 Å². The fourth-order valence-corrected chi connectivity index (χ4v) is 3.48. The van der Waals surface area contributed by atoms with Gasteiger partial charge in [0, 0.05) is 37.7 Å². The highest BCUT2D eigenvalue weighted by Gasteiger charge is 2.44. The van der Waals surface area contributed by atoms with Gasteiger partial charge in [-0.3, -0.25) is 4.79 Å². The molecule has 1 aromatic heterocycles. The maximum Gasteiger partial charge on any atom is 0.232 e. The topological polar surface area (TPSA) is 56.1 Å². The zero-order valence-electron chi connectivity index (χ0n) is 15.3. The summed E-state index contributed by atoms with van der Waals surface area (Å²) in [6.07, 6.45) is 6.74. The van der Waals surface area contributed by atoms with Gasteiger partial charge in [0.1, 0.15) is 5.82 Å². The van der Waals surface area contributed by atoms with Crippen LogP contribution in [0.1, 0.15) is 50.4 Å². The number of nitrogens with zero attached hydrogens (tertiary/aromatic N) is 2. The molecule has 0 bridgehead atoms. The number of amides is 1. The number of hydrogen-bond donors (Lipinski definition) is 1. The van der Waals surface area contributed by atoms with Crippen LogP contribution in [-0.4, -0.2) is 29.2 Å². The van der Waals surface area contributed by atoms with E-state index in [1.165, 1.54) is 0 Å². The van der Waals surface area contributed by atoms with Crippen molar-refractivity contribution in [2.75, 3.05) is 19.0 Å². The first-order valence-electron chi connectivity index (χ1n) is 8.94. The molecule has 1 N–H and O–H groups in total. The van der Waals surface area contributed by atoms with Gasteiger partial charge in [-0.1, -0.05) is 32.4 Å². The van der Waals surface area contributed by atoms with Gasteiger partial charge >= 0.3 is 0 Å². The molecule has 0 atom stereocenters. The molecule has 5 heteroatoms. The lowest BCUT2D eigenvalue weighted by atomic mass is 9.68. The molecule has 5 nitrogen and oxygen atoms in total. The number of nitrogens with one attached hydrogen (secondary N) is 1. The summed E-state index contributed by atoms with van der Waals surface area (Å²) in [6.45, 7) is 5.53. The molecule has 1 aliphatic carbocycles. The number of anilines is 1. The number of benzene rings is 1.